The number of nitrogens with zero attached hydrogens (tertiary/aromatic N) is 2. The second kappa shape index (κ2) is 9.30. The van der Waals surface area contributed by atoms with Crippen molar-refractivity contribution in [3.63, 3.8) is 0 Å². The maximum Gasteiger partial charge on any atom is 0.398 e. The predicted octanol–water partition coefficient (Wildman–Crippen LogP) is 1.80. The van der Waals surface area contributed by atoms with Crippen LogP contribution in [0.2, 0.25) is 0 Å². The molecule has 1 rings (SSSR count). The molecular formula is C15H17N2O4+. The number of hydrogen-bond donors (Lipinski definition) is 0. The Morgan fingerprint density at radius 2 is 2.24 bits per heavy atom. The first-order valence-electron chi connectivity index (χ1n) is 6.38. The monoisotopic (exact) mass is 289 g/mol. The lowest BCUT2D eigenvalue weighted by Gasteiger charge is -2.03. The standard InChI is InChI=1S/C15H17N2O4/c1-3-4-7-10-21-15(19)12-8-5-6-9-13(12)17-16-11-14(18)20-2/h3-6,8-9,11H,7,10H2,1-2H3/q+1/b4-3-,16-11+,17-13+. The van der Waals surface area contributed by atoms with E-state index in [9.17, 15) is 9.59 Å². The molecule has 0 aromatic heterocycles. The molecule has 0 fully saturated rings. The van der Waals surface area contributed by atoms with Gasteiger partial charge in [-0.2, -0.15) is 0 Å². The molecule has 0 bridgehead atoms. The topological polar surface area (TPSA) is 77.3 Å². The lowest BCUT2D eigenvalue weighted by Crippen LogP contribution is -2.17. The zero-order chi connectivity index (χ0) is 15.5. The number of ether oxygens (including phenoxy) is 2. The van der Waals surface area contributed by atoms with E-state index in [1.807, 2.05) is 19.1 Å². The fourth-order valence-electron chi connectivity index (χ4n) is 1.39. The zero-order valence-corrected chi connectivity index (χ0v) is 12.0. The van der Waals surface area contributed by atoms with E-state index in [0.717, 1.165) is 6.21 Å². The van der Waals surface area contributed by atoms with Crippen LogP contribution in [0.15, 0.2) is 46.2 Å². The molecule has 6 nitrogen and oxygen atoms in total. The Morgan fingerprint density at radius 1 is 1.43 bits per heavy atom. The lowest BCUT2D eigenvalue weighted by molar-refractivity contribution is -0.138. The van der Waals surface area contributed by atoms with Crippen LogP contribution >= 0.6 is 0 Å². The van der Waals surface area contributed by atoms with Gasteiger partial charge in [0.25, 0.3) is 0 Å². The summed E-state index contributed by atoms with van der Waals surface area (Å²) in [4.78, 5) is 22.8. The molecule has 0 aromatic rings. The number of carbonyl (C=O) groups excluding carboxylic acids is 2. The summed E-state index contributed by atoms with van der Waals surface area (Å²) in [5, 5.41) is 7.39. The Balaban J connectivity index is 2.68. The van der Waals surface area contributed by atoms with E-state index in [4.69, 9.17) is 4.74 Å². The van der Waals surface area contributed by atoms with Crippen LogP contribution in [0, 0.1) is 6.42 Å². The van der Waals surface area contributed by atoms with E-state index < -0.39 is 11.9 Å². The summed E-state index contributed by atoms with van der Waals surface area (Å²) in [6, 6.07) is 0. The normalized spacial score (nSPS) is 16.1. The highest BCUT2D eigenvalue weighted by Crippen LogP contribution is 2.11. The average Bonchev–Trinajstić information content (AvgIpc) is 2.51. The molecule has 1 aliphatic rings. The first-order valence-corrected chi connectivity index (χ1v) is 6.38. The van der Waals surface area contributed by atoms with E-state index in [2.05, 4.69) is 14.9 Å². The quantitative estimate of drug-likeness (QED) is 0.186. The minimum atomic E-state index is -0.620. The minimum Gasteiger partial charge on any atom is -0.465 e. The third kappa shape index (κ3) is 5.90. The minimum absolute atomic E-state index is 0.292. The van der Waals surface area contributed by atoms with Crippen LogP contribution in [0.5, 0.6) is 0 Å². The van der Waals surface area contributed by atoms with Gasteiger partial charge in [-0.25, -0.2) is 9.59 Å². The Morgan fingerprint density at radius 3 is 2.95 bits per heavy atom. The highest BCUT2D eigenvalue weighted by atomic mass is 16.5. The summed E-state index contributed by atoms with van der Waals surface area (Å²) in [6.07, 6.45) is 12.0. The van der Waals surface area contributed by atoms with Crippen molar-refractivity contribution in [1.29, 1.82) is 0 Å². The first-order chi connectivity index (χ1) is 10.2. The van der Waals surface area contributed by atoms with E-state index in [0.29, 0.717) is 24.3 Å². The van der Waals surface area contributed by atoms with Gasteiger partial charge in [-0.05, 0) is 13.3 Å². The molecule has 110 valence electrons. The van der Waals surface area contributed by atoms with Crippen molar-refractivity contribution in [3.8, 4) is 0 Å². The number of rotatable bonds is 6. The number of allylic oxidation sites excluding steroid dienone is 4. The fraction of sp³-hybridized carbons (Fsp3) is 0.267. The SMILES string of the molecule is C/C=C\CCOC(=O)C1=C[CH+]C=C/C1=N\N=C\C(=O)OC. The Bertz CT molecular complexity index is 528. The molecule has 0 spiro atoms. The van der Waals surface area contributed by atoms with Crippen molar-refractivity contribution in [1.82, 2.24) is 0 Å². The zero-order valence-electron chi connectivity index (χ0n) is 12.0. The van der Waals surface area contributed by atoms with Crippen molar-refractivity contribution >= 4 is 23.9 Å². The lowest BCUT2D eigenvalue weighted by atomic mass is 10.0. The number of esters is 2. The Hall–Kier alpha value is -2.63. The summed E-state index contributed by atoms with van der Waals surface area (Å²) in [7, 11) is 1.24. The highest BCUT2D eigenvalue weighted by Gasteiger charge is 2.25. The molecule has 0 saturated heterocycles. The molecule has 21 heavy (non-hydrogen) atoms. The molecule has 0 aliphatic heterocycles. The van der Waals surface area contributed by atoms with Crippen LogP contribution in [0.25, 0.3) is 0 Å². The van der Waals surface area contributed by atoms with Crippen LogP contribution in [0.3, 0.4) is 0 Å². The van der Waals surface area contributed by atoms with Crippen LogP contribution in [-0.2, 0) is 19.1 Å². The van der Waals surface area contributed by atoms with Crippen molar-refractivity contribution in [2.45, 2.75) is 13.3 Å². The van der Waals surface area contributed by atoms with Crippen molar-refractivity contribution < 1.29 is 19.1 Å². The Kier molecular flexibility index (Phi) is 7.28. The molecule has 0 unspecified atom stereocenters. The molecule has 0 heterocycles. The maximum absolute atomic E-state index is 11.9. The van der Waals surface area contributed by atoms with Gasteiger partial charge in [0.2, 0.25) is 5.71 Å². The molecule has 0 N–H and O–H groups in total. The molecule has 1 aliphatic carbocycles. The fourth-order valence-corrected chi connectivity index (χ4v) is 1.39. The first kappa shape index (κ1) is 16.4. The van der Waals surface area contributed by atoms with E-state index in [1.165, 1.54) is 7.11 Å². The predicted molar refractivity (Wildman–Crippen MR) is 79.9 cm³/mol. The van der Waals surface area contributed by atoms with Gasteiger partial charge in [0.05, 0.1) is 31.9 Å². The third-order valence-corrected chi connectivity index (χ3v) is 2.41. The Labute approximate surface area is 123 Å². The van der Waals surface area contributed by atoms with Gasteiger partial charge in [-0.15, -0.1) is 10.2 Å². The number of methoxy groups -OCH3 is 1. The molecule has 0 radical (unpaired) electrons. The molecular weight excluding hydrogens is 272 g/mol. The molecule has 6 heteroatoms. The number of hydrogen-bond acceptors (Lipinski definition) is 6. The third-order valence-electron chi connectivity index (χ3n) is 2.41. The van der Waals surface area contributed by atoms with Crippen molar-refractivity contribution in [2.24, 2.45) is 10.2 Å². The summed E-state index contributed by atoms with van der Waals surface area (Å²) >= 11 is 0. The van der Waals surface area contributed by atoms with Crippen molar-refractivity contribution in [3.05, 3.63) is 42.4 Å². The van der Waals surface area contributed by atoms with Crippen LogP contribution in [-0.4, -0.2) is 37.6 Å². The van der Waals surface area contributed by atoms with Gasteiger partial charge in [0.15, 0.2) is 5.57 Å². The van der Waals surface area contributed by atoms with E-state index >= 15 is 0 Å². The van der Waals surface area contributed by atoms with E-state index in [1.54, 1.807) is 24.6 Å². The summed E-state index contributed by atoms with van der Waals surface area (Å²) in [5.41, 5.74) is 0.619. The molecule has 0 saturated carbocycles. The van der Waals surface area contributed by atoms with Gasteiger partial charge < -0.3 is 9.47 Å². The van der Waals surface area contributed by atoms with Crippen molar-refractivity contribution in [2.75, 3.05) is 13.7 Å². The van der Waals surface area contributed by atoms with Gasteiger partial charge in [0.1, 0.15) is 6.21 Å². The summed E-state index contributed by atoms with van der Waals surface area (Å²) in [6.45, 7) is 2.19. The maximum atomic E-state index is 11.9. The van der Waals surface area contributed by atoms with Gasteiger partial charge in [-0.1, -0.05) is 12.2 Å². The average molecular weight is 289 g/mol. The molecule has 0 aromatic carbocycles. The molecule has 0 amide bonds. The molecule has 0 atom stereocenters. The van der Waals surface area contributed by atoms with Crippen LogP contribution < -0.4 is 0 Å². The largest absolute Gasteiger partial charge is 0.465 e. The second-order valence-corrected chi connectivity index (χ2v) is 3.88. The smallest absolute Gasteiger partial charge is 0.398 e. The summed E-state index contributed by atoms with van der Waals surface area (Å²) < 4.78 is 9.52. The number of carbonyl (C=O) groups is 2. The van der Waals surface area contributed by atoms with Gasteiger partial charge in [0, 0.05) is 6.42 Å². The highest BCUT2D eigenvalue weighted by molar-refractivity contribution is 6.26. The van der Waals surface area contributed by atoms with Gasteiger partial charge >= 0.3 is 11.9 Å². The van der Waals surface area contributed by atoms with E-state index in [-0.39, 0.29) is 0 Å². The van der Waals surface area contributed by atoms with Crippen LogP contribution in [0.1, 0.15) is 13.3 Å². The van der Waals surface area contributed by atoms with Gasteiger partial charge in [-0.3, -0.25) is 0 Å². The van der Waals surface area contributed by atoms with Crippen LogP contribution in [0.4, 0.5) is 0 Å². The summed E-state index contributed by atoms with van der Waals surface area (Å²) in [5.74, 6) is -1.10. The second-order valence-electron chi connectivity index (χ2n) is 3.88.